The Hall–Kier alpha value is -3.70. The minimum atomic E-state index is -0.633. The van der Waals surface area contributed by atoms with Crippen LogP contribution in [0.3, 0.4) is 0 Å². The van der Waals surface area contributed by atoms with Crippen LogP contribution in [-0.2, 0) is 14.3 Å². The molecule has 0 atom stereocenters. The van der Waals surface area contributed by atoms with Crippen LogP contribution >= 0.6 is 23.4 Å². The van der Waals surface area contributed by atoms with Gasteiger partial charge in [0.2, 0.25) is 11.7 Å². The van der Waals surface area contributed by atoms with Crippen molar-refractivity contribution in [2.45, 2.75) is 13.3 Å². The van der Waals surface area contributed by atoms with Crippen molar-refractivity contribution in [3.05, 3.63) is 51.4 Å². The topological polar surface area (TPSA) is 120 Å². The Morgan fingerprint density at radius 3 is 2.32 bits per heavy atom. The molecule has 1 fully saturated rings. The van der Waals surface area contributed by atoms with E-state index in [0.717, 1.165) is 4.90 Å². The fraction of sp³-hybridized carbons (Fsp3) is 0.280. The second kappa shape index (κ2) is 12.5. The molecule has 0 unspecified atom stereocenters. The van der Waals surface area contributed by atoms with Crippen molar-refractivity contribution in [1.29, 1.82) is 0 Å². The predicted octanol–water partition coefficient (Wildman–Crippen LogP) is 4.61. The highest BCUT2D eigenvalue weighted by atomic mass is 35.5. The maximum atomic E-state index is 12.9. The Morgan fingerprint density at radius 1 is 1.05 bits per heavy atom. The van der Waals surface area contributed by atoms with Gasteiger partial charge in [-0.1, -0.05) is 18.5 Å². The summed E-state index contributed by atoms with van der Waals surface area (Å²) in [5.74, 6) is -0.729. The number of hydrogen-bond donors (Lipinski definition) is 1. The molecule has 2 aromatic rings. The zero-order valence-electron chi connectivity index (χ0n) is 20.6. The maximum Gasteiger partial charge on any atom is 0.339 e. The molecule has 1 aliphatic heterocycles. The highest BCUT2D eigenvalue weighted by Crippen LogP contribution is 2.40. The number of nitrogens with zero attached hydrogens (tertiary/aromatic N) is 1. The van der Waals surface area contributed by atoms with Crippen molar-refractivity contribution >= 4 is 58.1 Å². The highest BCUT2D eigenvalue weighted by Gasteiger charge is 2.36. The van der Waals surface area contributed by atoms with Crippen LogP contribution < -0.4 is 19.5 Å². The molecule has 3 amide bonds. The highest BCUT2D eigenvalue weighted by molar-refractivity contribution is 8.18. The second-order valence-corrected chi connectivity index (χ2v) is 9.01. The Morgan fingerprint density at radius 2 is 1.73 bits per heavy atom. The number of ether oxygens (including phenoxy) is 4. The van der Waals surface area contributed by atoms with Crippen LogP contribution in [-0.4, -0.2) is 62.4 Å². The average molecular weight is 549 g/mol. The van der Waals surface area contributed by atoms with Gasteiger partial charge in [0.1, 0.15) is 6.54 Å². The van der Waals surface area contributed by atoms with Gasteiger partial charge < -0.3 is 24.3 Å². The number of imide groups is 1. The van der Waals surface area contributed by atoms with Gasteiger partial charge in [-0.05, 0) is 60.2 Å². The lowest BCUT2D eigenvalue weighted by Crippen LogP contribution is -2.36. The van der Waals surface area contributed by atoms with Crippen LogP contribution in [0.5, 0.6) is 17.2 Å². The van der Waals surface area contributed by atoms with E-state index in [9.17, 15) is 19.2 Å². The molecule has 1 N–H and O–H groups in total. The number of methoxy groups -OCH3 is 3. The Bertz CT molecular complexity index is 1240. The molecule has 1 heterocycles. The summed E-state index contributed by atoms with van der Waals surface area (Å²) in [6.07, 6.45) is 2.15. The summed E-state index contributed by atoms with van der Waals surface area (Å²) in [4.78, 5) is 51.2. The van der Waals surface area contributed by atoms with Gasteiger partial charge in [0.25, 0.3) is 11.1 Å². The molecule has 12 heteroatoms. The lowest BCUT2D eigenvalue weighted by atomic mass is 10.1. The number of hydrogen-bond acceptors (Lipinski definition) is 9. The van der Waals surface area contributed by atoms with E-state index in [-0.39, 0.29) is 27.8 Å². The van der Waals surface area contributed by atoms with E-state index < -0.39 is 29.6 Å². The summed E-state index contributed by atoms with van der Waals surface area (Å²) in [5.41, 5.74) is 0.887. The normalized spacial score (nSPS) is 14.1. The monoisotopic (exact) mass is 548 g/mol. The molecular formula is C25H25ClN2O8S. The van der Waals surface area contributed by atoms with Crippen LogP contribution in [0.15, 0.2) is 35.2 Å². The number of amides is 3. The van der Waals surface area contributed by atoms with Crippen molar-refractivity contribution in [3.8, 4) is 17.2 Å². The number of halogens is 1. The first-order chi connectivity index (χ1) is 17.7. The molecule has 0 saturated carbocycles. The van der Waals surface area contributed by atoms with Crippen LogP contribution in [0.4, 0.5) is 10.5 Å². The third-order valence-electron chi connectivity index (χ3n) is 5.07. The first-order valence-electron chi connectivity index (χ1n) is 11.0. The standard InChI is InChI=1S/C25H25ClN2O8S/c1-5-8-36-24(31)16-12-15(6-7-17(16)26)27-21(29)13-28-23(30)20(37-25(28)32)11-14-9-18(33-2)22(35-4)19(10-14)34-3/h6-7,9-12H,5,8,13H2,1-4H3,(H,27,29)/b20-11+. The molecule has 0 aliphatic carbocycles. The molecular weight excluding hydrogens is 524 g/mol. The Balaban J connectivity index is 1.74. The van der Waals surface area contributed by atoms with Crippen LogP contribution in [0.2, 0.25) is 5.02 Å². The SMILES string of the molecule is CCCOC(=O)c1cc(NC(=O)CN2C(=O)S/C(=C/c3cc(OC)c(OC)c(OC)c3)C2=O)ccc1Cl. The minimum Gasteiger partial charge on any atom is -0.493 e. The Labute approximate surface area is 222 Å². The third kappa shape index (κ3) is 6.55. The molecule has 0 aromatic heterocycles. The smallest absolute Gasteiger partial charge is 0.339 e. The number of esters is 1. The molecule has 10 nitrogen and oxygen atoms in total. The number of nitrogens with one attached hydrogen (secondary N) is 1. The van der Waals surface area contributed by atoms with Gasteiger partial charge in [0.05, 0.1) is 43.4 Å². The molecule has 196 valence electrons. The number of carbonyl (C=O) groups is 4. The molecule has 0 bridgehead atoms. The van der Waals surface area contributed by atoms with Gasteiger partial charge in [-0.25, -0.2) is 4.79 Å². The molecule has 0 radical (unpaired) electrons. The van der Waals surface area contributed by atoms with Gasteiger partial charge in [-0.15, -0.1) is 0 Å². The Kier molecular flexibility index (Phi) is 9.42. The van der Waals surface area contributed by atoms with Crippen LogP contribution in [0.1, 0.15) is 29.3 Å². The van der Waals surface area contributed by atoms with Crippen molar-refractivity contribution in [1.82, 2.24) is 4.90 Å². The summed E-state index contributed by atoms with van der Waals surface area (Å²) in [5, 5.41) is 2.14. The molecule has 3 rings (SSSR count). The maximum absolute atomic E-state index is 12.9. The predicted molar refractivity (Wildman–Crippen MR) is 139 cm³/mol. The van der Waals surface area contributed by atoms with E-state index in [1.165, 1.54) is 45.6 Å². The zero-order chi connectivity index (χ0) is 27.1. The minimum absolute atomic E-state index is 0.0902. The van der Waals surface area contributed by atoms with E-state index in [2.05, 4.69) is 5.32 Å². The fourth-order valence-corrected chi connectivity index (χ4v) is 4.38. The van der Waals surface area contributed by atoms with E-state index in [1.807, 2.05) is 6.92 Å². The largest absolute Gasteiger partial charge is 0.493 e. The van der Waals surface area contributed by atoms with E-state index in [0.29, 0.717) is 41.0 Å². The zero-order valence-corrected chi connectivity index (χ0v) is 22.2. The van der Waals surface area contributed by atoms with Gasteiger partial charge in [-0.2, -0.15) is 0 Å². The van der Waals surface area contributed by atoms with Crippen LogP contribution in [0, 0.1) is 0 Å². The van der Waals surface area contributed by atoms with Gasteiger partial charge >= 0.3 is 5.97 Å². The molecule has 0 spiro atoms. The van der Waals surface area contributed by atoms with Gasteiger partial charge in [0, 0.05) is 5.69 Å². The number of anilines is 1. The number of benzene rings is 2. The van der Waals surface area contributed by atoms with Crippen molar-refractivity contribution in [2.24, 2.45) is 0 Å². The summed E-state index contributed by atoms with van der Waals surface area (Å²) in [7, 11) is 4.40. The molecule has 2 aromatic carbocycles. The summed E-state index contributed by atoms with van der Waals surface area (Å²) < 4.78 is 21.0. The average Bonchev–Trinajstić information content (AvgIpc) is 3.14. The number of carbonyl (C=O) groups excluding carboxylic acids is 4. The fourth-order valence-electron chi connectivity index (χ4n) is 3.35. The number of rotatable bonds is 10. The first-order valence-corrected chi connectivity index (χ1v) is 12.2. The number of thioether (sulfide) groups is 1. The summed E-state index contributed by atoms with van der Waals surface area (Å²) in [6, 6.07) is 7.57. The van der Waals surface area contributed by atoms with Crippen LogP contribution in [0.25, 0.3) is 6.08 Å². The van der Waals surface area contributed by atoms with Crippen molar-refractivity contribution < 1.29 is 38.1 Å². The lowest BCUT2D eigenvalue weighted by molar-refractivity contribution is -0.127. The lowest BCUT2D eigenvalue weighted by Gasteiger charge is -2.14. The summed E-state index contributed by atoms with van der Waals surface area (Å²) in [6.45, 7) is 1.57. The van der Waals surface area contributed by atoms with E-state index in [4.69, 9.17) is 30.5 Å². The van der Waals surface area contributed by atoms with E-state index in [1.54, 1.807) is 12.1 Å². The summed E-state index contributed by atoms with van der Waals surface area (Å²) >= 11 is 6.78. The second-order valence-electron chi connectivity index (χ2n) is 7.61. The third-order valence-corrected chi connectivity index (χ3v) is 6.30. The van der Waals surface area contributed by atoms with E-state index >= 15 is 0 Å². The van der Waals surface area contributed by atoms with Gasteiger partial charge in [-0.3, -0.25) is 19.3 Å². The molecule has 1 aliphatic rings. The first kappa shape index (κ1) is 27.9. The van der Waals surface area contributed by atoms with Crippen molar-refractivity contribution in [2.75, 3.05) is 39.8 Å². The molecule has 37 heavy (non-hydrogen) atoms. The van der Waals surface area contributed by atoms with Gasteiger partial charge in [0.15, 0.2) is 11.5 Å². The molecule has 1 saturated heterocycles. The quantitative estimate of drug-likeness (QED) is 0.335. The van der Waals surface area contributed by atoms with Crippen molar-refractivity contribution in [3.63, 3.8) is 0 Å².